The van der Waals surface area contributed by atoms with E-state index >= 15 is 0 Å². The molecular weight excluding hydrogens is 172 g/mol. The van der Waals surface area contributed by atoms with Gasteiger partial charge in [-0.25, -0.2) is 0 Å². The van der Waals surface area contributed by atoms with Crippen molar-refractivity contribution >= 4 is 10.9 Å². The van der Waals surface area contributed by atoms with Gasteiger partial charge >= 0.3 is 0 Å². The fraction of sp³-hybridized carbons (Fsp3) is 0.417. The number of unbranched alkanes of at least 4 members (excludes halogenated alkanes) is 1. The molecule has 2 aromatic rings. The standard InChI is InChI=1S/C8H8N2.C4H10.H2/c1-6-2-3-8-7(4-6)5-9-10-8;1-3-4-2;/h2-5H,1H3,(H,9,10);3-4H2,1-2H3;1H. The Balaban J connectivity index is 0.000000346. The molecule has 0 aliphatic heterocycles. The zero-order valence-corrected chi connectivity index (χ0v) is 9.17. The number of aryl methyl sites for hydroxylation is 1. The first-order valence-corrected chi connectivity index (χ1v) is 5.17. The summed E-state index contributed by atoms with van der Waals surface area (Å²) in [7, 11) is 0. The zero-order chi connectivity index (χ0) is 10.4. The summed E-state index contributed by atoms with van der Waals surface area (Å²) in [5.41, 5.74) is 2.37. The highest BCUT2D eigenvalue weighted by atomic mass is 15.1. The predicted octanol–water partition coefficient (Wildman–Crippen LogP) is 3.92. The number of nitrogens with zero attached hydrogens (tertiary/aromatic N) is 1. The molecule has 0 unspecified atom stereocenters. The van der Waals surface area contributed by atoms with Crippen molar-refractivity contribution < 1.29 is 1.43 Å². The normalized spacial score (nSPS) is 9.64. The molecule has 78 valence electrons. The van der Waals surface area contributed by atoms with Gasteiger partial charge in [-0.15, -0.1) is 0 Å². The summed E-state index contributed by atoms with van der Waals surface area (Å²) in [6.45, 7) is 6.44. The van der Waals surface area contributed by atoms with Gasteiger partial charge in [-0.2, -0.15) is 5.10 Å². The number of fused-ring (bicyclic) bond motifs is 1. The molecule has 0 amide bonds. The van der Waals surface area contributed by atoms with Crippen molar-refractivity contribution in [2.75, 3.05) is 0 Å². The van der Waals surface area contributed by atoms with Crippen LogP contribution >= 0.6 is 0 Å². The number of nitrogens with one attached hydrogen (secondary N) is 1. The molecule has 0 radical (unpaired) electrons. The van der Waals surface area contributed by atoms with E-state index in [1.165, 1.54) is 23.8 Å². The highest BCUT2D eigenvalue weighted by molar-refractivity contribution is 5.78. The Bertz CT molecular complexity index is 380. The molecule has 14 heavy (non-hydrogen) atoms. The third kappa shape index (κ3) is 2.87. The van der Waals surface area contributed by atoms with Crippen LogP contribution in [-0.2, 0) is 0 Å². The van der Waals surface area contributed by atoms with Crippen molar-refractivity contribution in [2.45, 2.75) is 33.6 Å². The van der Waals surface area contributed by atoms with Crippen LogP contribution in [0.2, 0.25) is 0 Å². The highest BCUT2D eigenvalue weighted by Crippen LogP contribution is 2.11. The lowest BCUT2D eigenvalue weighted by Crippen LogP contribution is -1.70. The van der Waals surface area contributed by atoms with Crippen molar-refractivity contribution in [1.29, 1.82) is 0 Å². The van der Waals surface area contributed by atoms with Crippen LogP contribution in [0.1, 0.15) is 33.7 Å². The van der Waals surface area contributed by atoms with E-state index in [-0.39, 0.29) is 1.43 Å². The van der Waals surface area contributed by atoms with E-state index in [2.05, 4.69) is 43.1 Å². The molecule has 2 nitrogen and oxygen atoms in total. The SMILES string of the molecule is CCCC.Cc1ccc2[nH]ncc2c1.[HH]. The predicted molar refractivity (Wildman–Crippen MR) is 63.5 cm³/mol. The lowest BCUT2D eigenvalue weighted by Gasteiger charge is -1.89. The summed E-state index contributed by atoms with van der Waals surface area (Å²) < 4.78 is 0. The number of hydrogen-bond acceptors (Lipinski definition) is 1. The quantitative estimate of drug-likeness (QED) is 0.728. The van der Waals surface area contributed by atoms with E-state index in [0.29, 0.717) is 0 Å². The van der Waals surface area contributed by atoms with Crippen molar-refractivity contribution in [1.82, 2.24) is 10.2 Å². The number of H-pyrrole nitrogens is 1. The Morgan fingerprint density at radius 2 is 2.00 bits per heavy atom. The molecule has 0 saturated heterocycles. The van der Waals surface area contributed by atoms with E-state index in [9.17, 15) is 0 Å². The van der Waals surface area contributed by atoms with E-state index in [1.807, 2.05) is 12.3 Å². The van der Waals surface area contributed by atoms with Crippen LogP contribution in [0.5, 0.6) is 0 Å². The maximum Gasteiger partial charge on any atom is 0.0650 e. The van der Waals surface area contributed by atoms with Gasteiger partial charge in [0.05, 0.1) is 11.7 Å². The molecule has 1 heterocycles. The van der Waals surface area contributed by atoms with Crippen LogP contribution < -0.4 is 0 Å². The smallest absolute Gasteiger partial charge is 0.0650 e. The third-order valence-corrected chi connectivity index (χ3v) is 2.10. The fourth-order valence-electron chi connectivity index (χ4n) is 1.06. The first kappa shape index (κ1) is 10.8. The van der Waals surface area contributed by atoms with Crippen molar-refractivity contribution in [3.63, 3.8) is 0 Å². The van der Waals surface area contributed by atoms with E-state index < -0.39 is 0 Å². The van der Waals surface area contributed by atoms with Gasteiger partial charge in [-0.3, -0.25) is 5.10 Å². The summed E-state index contributed by atoms with van der Waals surface area (Å²) in [6.07, 6.45) is 4.47. The summed E-state index contributed by atoms with van der Waals surface area (Å²) in [6, 6.07) is 6.22. The molecule has 0 spiro atoms. The van der Waals surface area contributed by atoms with Gasteiger partial charge in [0.1, 0.15) is 0 Å². The number of benzene rings is 1. The molecule has 0 atom stereocenters. The van der Waals surface area contributed by atoms with E-state index in [0.717, 1.165) is 5.52 Å². The van der Waals surface area contributed by atoms with Gasteiger partial charge in [-0.05, 0) is 19.1 Å². The molecule has 0 aliphatic carbocycles. The van der Waals surface area contributed by atoms with Gasteiger partial charge in [-0.1, -0.05) is 38.3 Å². The molecular formula is C12H20N2. The summed E-state index contributed by atoms with van der Waals surface area (Å²) in [4.78, 5) is 0. The largest absolute Gasteiger partial charge is 0.278 e. The van der Waals surface area contributed by atoms with Gasteiger partial charge in [0.15, 0.2) is 0 Å². The molecule has 1 aromatic carbocycles. The Morgan fingerprint density at radius 3 is 2.64 bits per heavy atom. The molecule has 0 aliphatic rings. The average molecular weight is 192 g/mol. The lowest BCUT2D eigenvalue weighted by atomic mass is 10.2. The number of aromatic amines is 1. The molecule has 0 bridgehead atoms. The minimum atomic E-state index is 0. The van der Waals surface area contributed by atoms with Crippen LogP contribution in [0.15, 0.2) is 24.4 Å². The molecule has 0 saturated carbocycles. The molecule has 1 N–H and O–H groups in total. The van der Waals surface area contributed by atoms with Gasteiger partial charge < -0.3 is 0 Å². The van der Waals surface area contributed by atoms with Crippen LogP contribution in [0, 0.1) is 6.92 Å². The minimum absolute atomic E-state index is 0. The van der Waals surface area contributed by atoms with E-state index in [1.54, 1.807) is 0 Å². The van der Waals surface area contributed by atoms with Crippen LogP contribution in [-0.4, -0.2) is 10.2 Å². The topological polar surface area (TPSA) is 28.7 Å². The summed E-state index contributed by atoms with van der Waals surface area (Å²) >= 11 is 0. The Hall–Kier alpha value is -1.31. The number of rotatable bonds is 1. The van der Waals surface area contributed by atoms with Crippen molar-refractivity contribution in [3.8, 4) is 0 Å². The lowest BCUT2D eigenvalue weighted by molar-refractivity contribution is 0.886. The van der Waals surface area contributed by atoms with Crippen molar-refractivity contribution in [3.05, 3.63) is 30.0 Å². The minimum Gasteiger partial charge on any atom is -0.278 e. The maximum absolute atomic E-state index is 3.92. The second-order valence-corrected chi connectivity index (χ2v) is 3.46. The first-order valence-electron chi connectivity index (χ1n) is 5.17. The molecule has 0 fully saturated rings. The van der Waals surface area contributed by atoms with Crippen molar-refractivity contribution in [2.24, 2.45) is 0 Å². The van der Waals surface area contributed by atoms with E-state index in [4.69, 9.17) is 0 Å². The third-order valence-electron chi connectivity index (χ3n) is 2.10. The summed E-state index contributed by atoms with van der Waals surface area (Å²) in [5, 5.41) is 7.99. The van der Waals surface area contributed by atoms with Gasteiger partial charge in [0.2, 0.25) is 0 Å². The highest BCUT2D eigenvalue weighted by Gasteiger charge is 1.92. The Labute approximate surface area is 86.8 Å². The van der Waals surface area contributed by atoms with Crippen LogP contribution in [0.25, 0.3) is 10.9 Å². The molecule has 2 heteroatoms. The molecule has 2 rings (SSSR count). The van der Waals surface area contributed by atoms with Gasteiger partial charge in [0, 0.05) is 6.81 Å². The van der Waals surface area contributed by atoms with Gasteiger partial charge in [0.25, 0.3) is 0 Å². The Morgan fingerprint density at radius 1 is 1.29 bits per heavy atom. The molecule has 1 aromatic heterocycles. The second-order valence-electron chi connectivity index (χ2n) is 3.46. The first-order chi connectivity index (χ1) is 6.77. The van der Waals surface area contributed by atoms with Crippen LogP contribution in [0.3, 0.4) is 0 Å². The number of aromatic nitrogens is 2. The summed E-state index contributed by atoms with van der Waals surface area (Å²) in [5.74, 6) is 0. The van der Waals surface area contributed by atoms with Crippen LogP contribution in [0.4, 0.5) is 0 Å². The fourth-order valence-corrected chi connectivity index (χ4v) is 1.06. The second kappa shape index (κ2) is 5.43. The monoisotopic (exact) mass is 192 g/mol. The Kier molecular flexibility index (Phi) is 4.17. The maximum atomic E-state index is 3.92. The number of hydrogen-bond donors (Lipinski definition) is 1. The average Bonchev–Trinajstić information content (AvgIpc) is 2.65. The zero-order valence-electron chi connectivity index (χ0n) is 9.17.